The third-order valence-electron chi connectivity index (χ3n) is 2.10. The molecule has 0 atom stereocenters. The van der Waals surface area contributed by atoms with E-state index >= 15 is 0 Å². The minimum atomic E-state index is 0.424. The van der Waals surface area contributed by atoms with Crippen molar-refractivity contribution in [3.8, 4) is 5.88 Å². The van der Waals surface area contributed by atoms with E-state index in [9.17, 15) is 0 Å². The summed E-state index contributed by atoms with van der Waals surface area (Å²) in [6.45, 7) is 7.96. The van der Waals surface area contributed by atoms with Crippen molar-refractivity contribution >= 4 is 5.82 Å². The molecule has 0 fully saturated rings. The van der Waals surface area contributed by atoms with Crippen molar-refractivity contribution in [1.29, 1.82) is 0 Å². The first-order valence-electron chi connectivity index (χ1n) is 5.30. The number of hydrogen-bond acceptors (Lipinski definition) is 5. The van der Waals surface area contributed by atoms with Gasteiger partial charge in [0.15, 0.2) is 0 Å². The van der Waals surface area contributed by atoms with Gasteiger partial charge in [0.2, 0.25) is 5.88 Å². The number of ether oxygens (including phenoxy) is 1. The van der Waals surface area contributed by atoms with E-state index in [1.165, 1.54) is 0 Å². The van der Waals surface area contributed by atoms with Crippen molar-refractivity contribution in [2.75, 3.05) is 12.0 Å². The van der Waals surface area contributed by atoms with Gasteiger partial charge in [-0.05, 0) is 13.3 Å². The van der Waals surface area contributed by atoms with Crippen LogP contribution >= 0.6 is 0 Å². The Balaban J connectivity index is 3.02. The number of nitrogens with one attached hydrogen (secondary N) is 1. The van der Waals surface area contributed by atoms with Crippen LogP contribution in [0.3, 0.4) is 0 Å². The zero-order valence-electron chi connectivity index (χ0n) is 9.79. The predicted molar refractivity (Wildman–Crippen MR) is 64.3 cm³/mol. The third-order valence-corrected chi connectivity index (χ3v) is 2.10. The second kappa shape index (κ2) is 6.07. The zero-order chi connectivity index (χ0) is 12.0. The molecular weight excluding hydrogens is 204 g/mol. The van der Waals surface area contributed by atoms with Crippen molar-refractivity contribution in [2.24, 2.45) is 5.84 Å². The standard InChI is InChI=1S/C11H18N4O/c1-4-6-9-13-10(15-12)8(3)11(14-9)16-7-5-2/h5H,2,4,6-7,12H2,1,3H3,(H,13,14,15). The highest BCUT2D eigenvalue weighted by Gasteiger charge is 2.10. The number of nitrogens with two attached hydrogens (primary N) is 1. The highest BCUT2D eigenvalue weighted by Crippen LogP contribution is 2.21. The van der Waals surface area contributed by atoms with Crippen molar-refractivity contribution in [3.63, 3.8) is 0 Å². The molecule has 88 valence electrons. The molecule has 0 bridgehead atoms. The molecule has 0 spiro atoms. The van der Waals surface area contributed by atoms with Crippen LogP contribution in [0, 0.1) is 6.92 Å². The summed E-state index contributed by atoms with van der Waals surface area (Å²) in [7, 11) is 0. The number of hydrazine groups is 1. The highest BCUT2D eigenvalue weighted by molar-refractivity contribution is 5.47. The average Bonchev–Trinajstić information content (AvgIpc) is 2.29. The number of nitrogen functional groups attached to an aromatic ring is 1. The van der Waals surface area contributed by atoms with Crippen molar-refractivity contribution in [3.05, 3.63) is 24.0 Å². The largest absolute Gasteiger partial charge is 0.473 e. The Kier molecular flexibility index (Phi) is 4.72. The maximum atomic E-state index is 5.45. The van der Waals surface area contributed by atoms with Crippen LogP contribution < -0.4 is 16.0 Å². The Morgan fingerprint density at radius 1 is 1.50 bits per heavy atom. The number of rotatable bonds is 6. The molecule has 0 amide bonds. The Hall–Kier alpha value is -1.62. The summed E-state index contributed by atoms with van der Waals surface area (Å²) < 4.78 is 5.45. The number of nitrogens with zero attached hydrogens (tertiary/aromatic N) is 2. The second-order valence-electron chi connectivity index (χ2n) is 3.41. The molecule has 5 nitrogen and oxygen atoms in total. The van der Waals surface area contributed by atoms with Gasteiger partial charge >= 0.3 is 0 Å². The lowest BCUT2D eigenvalue weighted by Gasteiger charge is -2.11. The van der Waals surface area contributed by atoms with Crippen LogP contribution in [0.25, 0.3) is 0 Å². The average molecular weight is 222 g/mol. The number of hydrogen-bond donors (Lipinski definition) is 2. The maximum absolute atomic E-state index is 5.45. The van der Waals surface area contributed by atoms with E-state index in [2.05, 4.69) is 28.9 Å². The molecule has 0 saturated heterocycles. The second-order valence-corrected chi connectivity index (χ2v) is 3.41. The van der Waals surface area contributed by atoms with Crippen LogP contribution in [0.1, 0.15) is 24.7 Å². The first-order chi connectivity index (χ1) is 7.72. The Morgan fingerprint density at radius 2 is 2.25 bits per heavy atom. The Morgan fingerprint density at radius 3 is 2.81 bits per heavy atom. The number of aryl methyl sites for hydroxylation is 1. The molecule has 0 aliphatic carbocycles. The summed E-state index contributed by atoms with van der Waals surface area (Å²) in [6.07, 6.45) is 3.46. The van der Waals surface area contributed by atoms with Crippen LogP contribution in [-0.4, -0.2) is 16.6 Å². The van der Waals surface area contributed by atoms with E-state index in [0.717, 1.165) is 24.2 Å². The highest BCUT2D eigenvalue weighted by atomic mass is 16.5. The van der Waals surface area contributed by atoms with E-state index in [0.29, 0.717) is 18.3 Å². The summed E-state index contributed by atoms with van der Waals surface area (Å²) in [5.74, 6) is 7.30. The fraction of sp³-hybridized carbons (Fsp3) is 0.455. The number of aromatic nitrogens is 2. The molecular formula is C11H18N4O. The van der Waals surface area contributed by atoms with Gasteiger partial charge in [-0.1, -0.05) is 19.6 Å². The summed E-state index contributed by atoms with van der Waals surface area (Å²) in [5, 5.41) is 0. The molecule has 1 aromatic rings. The molecule has 16 heavy (non-hydrogen) atoms. The lowest BCUT2D eigenvalue weighted by Crippen LogP contribution is -2.14. The van der Waals surface area contributed by atoms with Gasteiger partial charge in [0, 0.05) is 6.42 Å². The lowest BCUT2D eigenvalue weighted by molar-refractivity contribution is 0.344. The van der Waals surface area contributed by atoms with Gasteiger partial charge in [-0.25, -0.2) is 10.8 Å². The fourth-order valence-electron chi connectivity index (χ4n) is 1.29. The van der Waals surface area contributed by atoms with Gasteiger partial charge in [0.25, 0.3) is 0 Å². The molecule has 0 aliphatic rings. The van der Waals surface area contributed by atoms with Gasteiger partial charge in [0.1, 0.15) is 18.2 Å². The van der Waals surface area contributed by atoms with Gasteiger partial charge in [-0.15, -0.1) is 0 Å². The molecule has 1 rings (SSSR count). The minimum Gasteiger partial charge on any atom is -0.473 e. The molecule has 0 aliphatic heterocycles. The fourth-order valence-corrected chi connectivity index (χ4v) is 1.29. The van der Waals surface area contributed by atoms with Gasteiger partial charge in [-0.2, -0.15) is 4.98 Å². The topological polar surface area (TPSA) is 73.1 Å². The molecule has 0 saturated carbocycles. The first-order valence-corrected chi connectivity index (χ1v) is 5.30. The van der Waals surface area contributed by atoms with Crippen molar-refractivity contribution < 1.29 is 4.74 Å². The summed E-state index contributed by atoms with van der Waals surface area (Å²) in [6, 6.07) is 0. The quantitative estimate of drug-likeness (QED) is 0.434. The summed E-state index contributed by atoms with van der Waals surface area (Å²) in [4.78, 5) is 8.63. The van der Waals surface area contributed by atoms with E-state index < -0.39 is 0 Å². The normalized spacial score (nSPS) is 9.94. The Labute approximate surface area is 95.7 Å². The van der Waals surface area contributed by atoms with Crippen molar-refractivity contribution in [2.45, 2.75) is 26.7 Å². The summed E-state index contributed by atoms with van der Waals surface area (Å²) >= 11 is 0. The molecule has 3 N–H and O–H groups in total. The van der Waals surface area contributed by atoms with Crippen LogP contribution in [0.4, 0.5) is 5.82 Å². The van der Waals surface area contributed by atoms with Crippen molar-refractivity contribution in [1.82, 2.24) is 9.97 Å². The summed E-state index contributed by atoms with van der Waals surface area (Å²) in [5.41, 5.74) is 3.36. The third kappa shape index (κ3) is 2.93. The van der Waals surface area contributed by atoms with Crippen LogP contribution in [-0.2, 0) is 6.42 Å². The first kappa shape index (κ1) is 12.4. The van der Waals surface area contributed by atoms with Gasteiger partial charge < -0.3 is 10.2 Å². The SMILES string of the molecule is C=CCOc1nc(CCC)nc(NN)c1C. The van der Waals surface area contributed by atoms with Gasteiger partial charge in [0.05, 0.1) is 5.56 Å². The molecule has 0 aromatic carbocycles. The van der Waals surface area contributed by atoms with Gasteiger partial charge in [-0.3, -0.25) is 0 Å². The molecule has 0 radical (unpaired) electrons. The van der Waals surface area contributed by atoms with E-state index in [1.807, 2.05) is 6.92 Å². The zero-order valence-corrected chi connectivity index (χ0v) is 9.79. The van der Waals surface area contributed by atoms with Crippen LogP contribution in [0.2, 0.25) is 0 Å². The van der Waals surface area contributed by atoms with Crippen LogP contribution in [0.5, 0.6) is 5.88 Å². The van der Waals surface area contributed by atoms with E-state index in [1.54, 1.807) is 6.08 Å². The smallest absolute Gasteiger partial charge is 0.222 e. The Bertz CT molecular complexity index is 365. The molecule has 5 heteroatoms. The number of anilines is 1. The minimum absolute atomic E-state index is 0.424. The van der Waals surface area contributed by atoms with E-state index in [-0.39, 0.29) is 0 Å². The molecule has 0 unspecified atom stereocenters. The monoisotopic (exact) mass is 222 g/mol. The lowest BCUT2D eigenvalue weighted by atomic mass is 10.3. The van der Waals surface area contributed by atoms with Crippen LogP contribution in [0.15, 0.2) is 12.7 Å². The van der Waals surface area contributed by atoms with E-state index in [4.69, 9.17) is 10.6 Å². The maximum Gasteiger partial charge on any atom is 0.222 e. The predicted octanol–water partition coefficient (Wildman–Crippen LogP) is 1.59. The molecule has 1 aromatic heterocycles. The molecule has 1 heterocycles.